The third-order valence-electron chi connectivity index (χ3n) is 3.94. The lowest BCUT2D eigenvalue weighted by Gasteiger charge is -2.11. The molecule has 1 fully saturated rings. The smallest absolute Gasteiger partial charge is 0.417 e. The molecule has 1 aromatic carbocycles. The molecule has 142 valence electrons. The SMILES string of the molecule is O=C1NC(=O)/C(=C/c2cc3cncc(-c4ccc(Cl)c(C(F)(F)F)c4)c3o2)S1. The lowest BCUT2D eigenvalue weighted by atomic mass is 10.0. The lowest BCUT2D eigenvalue weighted by Crippen LogP contribution is -2.17. The maximum absolute atomic E-state index is 13.2. The second kappa shape index (κ2) is 6.68. The van der Waals surface area contributed by atoms with Crippen molar-refractivity contribution >= 4 is 51.6 Å². The molecule has 5 nitrogen and oxygen atoms in total. The second-order valence-electron chi connectivity index (χ2n) is 5.80. The number of carbonyl (C=O) groups excluding carboxylic acids is 2. The summed E-state index contributed by atoms with van der Waals surface area (Å²) in [5.41, 5.74) is -0.0994. The number of hydrogen-bond donors (Lipinski definition) is 1. The van der Waals surface area contributed by atoms with Crippen LogP contribution in [0.2, 0.25) is 5.02 Å². The highest BCUT2D eigenvalue weighted by atomic mass is 35.5. The predicted octanol–water partition coefficient (Wildman–Crippen LogP) is 5.49. The standard InChI is InChI=1S/C18H8ClF3N2O3S/c19-13-2-1-8(4-12(13)18(20,21)22)11-7-23-6-9-3-10(27-15(9)11)5-14-16(25)24-17(26)28-14/h1-7H,(H,24,25,26)/b14-5-. The monoisotopic (exact) mass is 424 g/mol. The highest BCUT2D eigenvalue weighted by Gasteiger charge is 2.33. The second-order valence-corrected chi connectivity index (χ2v) is 7.22. The number of rotatable bonds is 2. The first kappa shape index (κ1) is 18.6. The summed E-state index contributed by atoms with van der Waals surface area (Å²) in [7, 11) is 0. The van der Waals surface area contributed by atoms with E-state index >= 15 is 0 Å². The Morgan fingerprint density at radius 3 is 2.64 bits per heavy atom. The summed E-state index contributed by atoms with van der Waals surface area (Å²) in [6.45, 7) is 0. The Morgan fingerprint density at radius 1 is 1.18 bits per heavy atom. The first-order valence-corrected chi connectivity index (χ1v) is 8.91. The van der Waals surface area contributed by atoms with Crippen molar-refractivity contribution in [2.24, 2.45) is 0 Å². The zero-order valence-corrected chi connectivity index (χ0v) is 15.2. The summed E-state index contributed by atoms with van der Waals surface area (Å²) in [6.07, 6.45) is -0.352. The minimum Gasteiger partial charge on any atom is -0.456 e. The summed E-state index contributed by atoms with van der Waals surface area (Å²) in [5.74, 6) is -0.275. The molecule has 28 heavy (non-hydrogen) atoms. The third-order valence-corrected chi connectivity index (χ3v) is 5.08. The molecule has 2 aromatic heterocycles. The number of alkyl halides is 3. The van der Waals surface area contributed by atoms with E-state index in [1.165, 1.54) is 24.5 Å². The number of benzene rings is 1. The van der Waals surface area contributed by atoms with E-state index in [-0.39, 0.29) is 16.2 Å². The van der Waals surface area contributed by atoms with Crippen LogP contribution in [-0.2, 0) is 11.0 Å². The zero-order valence-electron chi connectivity index (χ0n) is 13.6. The number of nitrogens with zero attached hydrogens (tertiary/aromatic N) is 1. The fourth-order valence-corrected chi connectivity index (χ4v) is 3.61. The molecule has 1 saturated heterocycles. The van der Waals surface area contributed by atoms with Crippen LogP contribution in [0.1, 0.15) is 11.3 Å². The van der Waals surface area contributed by atoms with Gasteiger partial charge in [-0.1, -0.05) is 17.7 Å². The topological polar surface area (TPSA) is 72.2 Å². The summed E-state index contributed by atoms with van der Waals surface area (Å²) in [4.78, 5) is 27.1. The number of aromatic nitrogens is 1. The Kier molecular flexibility index (Phi) is 4.43. The van der Waals surface area contributed by atoms with Crippen LogP contribution < -0.4 is 5.32 Å². The van der Waals surface area contributed by atoms with Crippen molar-refractivity contribution in [3.63, 3.8) is 0 Å². The molecule has 0 atom stereocenters. The van der Waals surface area contributed by atoms with Gasteiger partial charge in [-0.25, -0.2) is 0 Å². The Balaban J connectivity index is 1.82. The van der Waals surface area contributed by atoms with E-state index in [9.17, 15) is 22.8 Å². The molecular formula is C18H8ClF3N2O3S. The molecule has 0 unspecified atom stereocenters. The molecule has 0 bridgehead atoms. The summed E-state index contributed by atoms with van der Waals surface area (Å²) in [6, 6.07) is 5.11. The largest absolute Gasteiger partial charge is 0.456 e. The number of nitrogens with one attached hydrogen (secondary N) is 1. The molecule has 1 aliphatic rings. The molecule has 3 heterocycles. The van der Waals surface area contributed by atoms with Crippen molar-refractivity contribution < 1.29 is 27.2 Å². The van der Waals surface area contributed by atoms with Crippen molar-refractivity contribution in [1.82, 2.24) is 10.3 Å². The van der Waals surface area contributed by atoms with Gasteiger partial charge in [0.2, 0.25) is 0 Å². The van der Waals surface area contributed by atoms with Crippen LogP contribution in [0.3, 0.4) is 0 Å². The average Bonchev–Trinajstić information content (AvgIpc) is 3.16. The molecule has 0 radical (unpaired) electrons. The maximum atomic E-state index is 13.2. The number of thioether (sulfide) groups is 1. The number of carbonyl (C=O) groups is 2. The highest BCUT2D eigenvalue weighted by Crippen LogP contribution is 2.39. The van der Waals surface area contributed by atoms with Gasteiger partial charge in [0.25, 0.3) is 11.1 Å². The number of halogens is 4. The van der Waals surface area contributed by atoms with E-state index in [1.807, 2.05) is 0 Å². The van der Waals surface area contributed by atoms with Gasteiger partial charge in [-0.05, 0) is 35.5 Å². The van der Waals surface area contributed by atoms with Crippen LogP contribution in [0, 0.1) is 0 Å². The number of hydrogen-bond acceptors (Lipinski definition) is 5. The van der Waals surface area contributed by atoms with Gasteiger partial charge in [-0.2, -0.15) is 13.2 Å². The van der Waals surface area contributed by atoms with Crippen LogP contribution in [-0.4, -0.2) is 16.1 Å². The molecule has 2 amide bonds. The Morgan fingerprint density at radius 2 is 1.96 bits per heavy atom. The fourth-order valence-electron chi connectivity index (χ4n) is 2.72. The third kappa shape index (κ3) is 3.38. The Labute approximate surface area is 164 Å². The van der Waals surface area contributed by atoms with Crippen molar-refractivity contribution in [2.75, 3.05) is 0 Å². The van der Waals surface area contributed by atoms with Gasteiger partial charge < -0.3 is 4.42 Å². The van der Waals surface area contributed by atoms with Crippen LogP contribution in [0.25, 0.3) is 28.2 Å². The molecule has 4 rings (SSSR count). The quantitative estimate of drug-likeness (QED) is 0.551. The van der Waals surface area contributed by atoms with Gasteiger partial charge in [0.05, 0.1) is 15.5 Å². The van der Waals surface area contributed by atoms with E-state index in [2.05, 4.69) is 10.3 Å². The van der Waals surface area contributed by atoms with Crippen molar-refractivity contribution in [1.29, 1.82) is 0 Å². The van der Waals surface area contributed by atoms with Gasteiger partial charge in [0.1, 0.15) is 11.3 Å². The number of furan rings is 1. The molecule has 0 aliphatic carbocycles. The van der Waals surface area contributed by atoms with Crippen molar-refractivity contribution in [3.05, 3.63) is 57.9 Å². The molecule has 10 heteroatoms. The van der Waals surface area contributed by atoms with Crippen molar-refractivity contribution in [3.8, 4) is 11.1 Å². The molecule has 0 saturated carbocycles. The first-order chi connectivity index (χ1) is 13.2. The van der Waals surface area contributed by atoms with Gasteiger partial charge in [-0.3, -0.25) is 19.9 Å². The minimum absolute atomic E-state index is 0.157. The fraction of sp³-hybridized carbons (Fsp3) is 0.0556. The number of fused-ring (bicyclic) bond motifs is 1. The molecule has 1 aliphatic heterocycles. The van der Waals surface area contributed by atoms with Gasteiger partial charge in [0.15, 0.2) is 0 Å². The van der Waals surface area contributed by atoms with Crippen LogP contribution in [0.5, 0.6) is 0 Å². The highest BCUT2D eigenvalue weighted by molar-refractivity contribution is 8.18. The average molecular weight is 425 g/mol. The van der Waals surface area contributed by atoms with E-state index in [1.54, 1.807) is 6.07 Å². The number of imide groups is 1. The Bertz CT molecular complexity index is 1170. The molecule has 3 aromatic rings. The van der Waals surface area contributed by atoms with E-state index in [4.69, 9.17) is 16.0 Å². The van der Waals surface area contributed by atoms with Gasteiger partial charge in [-0.15, -0.1) is 0 Å². The van der Waals surface area contributed by atoms with Crippen LogP contribution in [0.15, 0.2) is 46.0 Å². The lowest BCUT2D eigenvalue weighted by molar-refractivity contribution is -0.137. The van der Waals surface area contributed by atoms with E-state index in [0.29, 0.717) is 16.5 Å². The van der Waals surface area contributed by atoms with Crippen molar-refractivity contribution in [2.45, 2.75) is 6.18 Å². The summed E-state index contributed by atoms with van der Waals surface area (Å²) < 4.78 is 45.2. The van der Waals surface area contributed by atoms with Gasteiger partial charge in [0, 0.05) is 29.4 Å². The normalized spacial score (nSPS) is 16.2. The van der Waals surface area contributed by atoms with Gasteiger partial charge >= 0.3 is 6.18 Å². The van der Waals surface area contributed by atoms with E-state index < -0.39 is 27.9 Å². The summed E-state index contributed by atoms with van der Waals surface area (Å²) in [5, 5.41) is 1.76. The molecular weight excluding hydrogens is 417 g/mol. The maximum Gasteiger partial charge on any atom is 0.417 e. The van der Waals surface area contributed by atoms with Crippen LogP contribution in [0.4, 0.5) is 18.0 Å². The Hall–Kier alpha value is -2.78. The number of amides is 2. The minimum atomic E-state index is -4.60. The van der Waals surface area contributed by atoms with E-state index in [0.717, 1.165) is 23.9 Å². The predicted molar refractivity (Wildman–Crippen MR) is 98.6 cm³/mol. The molecule has 0 spiro atoms. The first-order valence-electron chi connectivity index (χ1n) is 7.72. The molecule has 1 N–H and O–H groups in total. The number of pyridine rings is 1. The summed E-state index contributed by atoms with van der Waals surface area (Å²) >= 11 is 6.41. The zero-order chi connectivity index (χ0) is 20.1. The van der Waals surface area contributed by atoms with Crippen LogP contribution >= 0.6 is 23.4 Å².